The van der Waals surface area contributed by atoms with Crippen LogP contribution in [0.25, 0.3) is 0 Å². The molecule has 0 N–H and O–H groups in total. The minimum absolute atomic E-state index is 0.0566. The smallest absolute Gasteiger partial charge is 0.250 e. The number of ether oxygens (including phenoxy) is 1. The van der Waals surface area contributed by atoms with Gasteiger partial charge in [0.25, 0.3) is 5.56 Å². The van der Waals surface area contributed by atoms with E-state index >= 15 is 0 Å². The highest BCUT2D eigenvalue weighted by Crippen LogP contribution is 2.19. The topological polar surface area (TPSA) is 47.4 Å². The molecule has 0 amide bonds. The molecule has 1 saturated heterocycles. The number of nitrogens with zero attached hydrogens (tertiary/aromatic N) is 3. The zero-order chi connectivity index (χ0) is 16.1. The van der Waals surface area contributed by atoms with Crippen LogP contribution in [0.5, 0.6) is 5.88 Å². The molecule has 0 radical (unpaired) electrons. The number of piperidine rings is 1. The number of hydrogen-bond donors (Lipinski definition) is 0. The average Bonchev–Trinajstić information content (AvgIpc) is 2.58. The van der Waals surface area contributed by atoms with Crippen molar-refractivity contribution in [1.29, 1.82) is 0 Å². The second-order valence-corrected chi connectivity index (χ2v) is 6.18. The van der Waals surface area contributed by atoms with Crippen molar-refractivity contribution in [3.8, 4) is 5.88 Å². The summed E-state index contributed by atoms with van der Waals surface area (Å²) in [6.07, 6.45) is 5.84. The highest BCUT2D eigenvalue weighted by Gasteiger charge is 2.20. The Morgan fingerprint density at radius 2 is 2.09 bits per heavy atom. The molecule has 2 aromatic heterocycles. The van der Waals surface area contributed by atoms with E-state index in [0.717, 1.165) is 44.6 Å². The monoisotopic (exact) mass is 313 g/mol. The Bertz CT molecular complexity index is 676. The molecular weight excluding hydrogens is 290 g/mol. The van der Waals surface area contributed by atoms with Crippen LogP contribution in [0.2, 0.25) is 0 Å². The molecule has 122 valence electrons. The van der Waals surface area contributed by atoms with Gasteiger partial charge in [0.2, 0.25) is 5.88 Å². The Hall–Kier alpha value is -2.14. The van der Waals surface area contributed by atoms with Crippen molar-refractivity contribution < 1.29 is 4.74 Å². The molecule has 0 saturated carbocycles. The molecule has 2 aromatic rings. The highest BCUT2D eigenvalue weighted by molar-refractivity contribution is 5.11. The molecule has 1 fully saturated rings. The second-order valence-electron chi connectivity index (χ2n) is 6.18. The van der Waals surface area contributed by atoms with Crippen molar-refractivity contribution in [2.45, 2.75) is 19.4 Å². The SMILES string of the molecule is Cn1ccc(CN2CCC(COc3ccccn3)CC2)cc1=O. The lowest BCUT2D eigenvalue weighted by molar-refractivity contribution is 0.134. The molecular formula is C18H23N3O2. The van der Waals surface area contributed by atoms with E-state index in [0.29, 0.717) is 11.8 Å². The van der Waals surface area contributed by atoms with Crippen LogP contribution in [0.4, 0.5) is 0 Å². The molecule has 23 heavy (non-hydrogen) atoms. The lowest BCUT2D eigenvalue weighted by Gasteiger charge is -2.31. The Balaban J connectivity index is 1.45. The minimum Gasteiger partial charge on any atom is -0.477 e. The van der Waals surface area contributed by atoms with Crippen molar-refractivity contribution in [3.05, 3.63) is 58.6 Å². The summed E-state index contributed by atoms with van der Waals surface area (Å²) < 4.78 is 7.36. The van der Waals surface area contributed by atoms with E-state index in [-0.39, 0.29) is 5.56 Å². The first-order valence-electron chi connectivity index (χ1n) is 8.12. The van der Waals surface area contributed by atoms with Gasteiger partial charge >= 0.3 is 0 Å². The first-order chi connectivity index (χ1) is 11.2. The Labute approximate surface area is 136 Å². The van der Waals surface area contributed by atoms with E-state index in [1.165, 1.54) is 0 Å². The summed E-state index contributed by atoms with van der Waals surface area (Å²) in [5.74, 6) is 1.28. The molecule has 0 bridgehead atoms. The number of aryl methyl sites for hydroxylation is 1. The lowest BCUT2D eigenvalue weighted by atomic mass is 9.97. The van der Waals surface area contributed by atoms with Crippen LogP contribution in [0.3, 0.4) is 0 Å². The maximum atomic E-state index is 11.7. The normalized spacial score (nSPS) is 16.4. The summed E-state index contributed by atoms with van der Waals surface area (Å²) in [4.78, 5) is 18.3. The Kier molecular flexibility index (Phi) is 5.08. The van der Waals surface area contributed by atoms with Crippen molar-refractivity contribution in [2.75, 3.05) is 19.7 Å². The Morgan fingerprint density at radius 1 is 1.26 bits per heavy atom. The molecule has 5 nitrogen and oxygen atoms in total. The number of rotatable bonds is 5. The molecule has 0 aliphatic carbocycles. The van der Waals surface area contributed by atoms with E-state index in [9.17, 15) is 4.79 Å². The van der Waals surface area contributed by atoms with Gasteiger partial charge in [-0.2, -0.15) is 0 Å². The first kappa shape index (κ1) is 15.7. The van der Waals surface area contributed by atoms with Gasteiger partial charge in [0.05, 0.1) is 6.61 Å². The summed E-state index contributed by atoms with van der Waals surface area (Å²) in [6, 6.07) is 9.48. The van der Waals surface area contributed by atoms with Gasteiger partial charge in [-0.25, -0.2) is 4.98 Å². The van der Waals surface area contributed by atoms with Crippen LogP contribution in [-0.2, 0) is 13.6 Å². The molecule has 0 spiro atoms. The van der Waals surface area contributed by atoms with Crippen molar-refractivity contribution >= 4 is 0 Å². The van der Waals surface area contributed by atoms with Gasteiger partial charge in [0.1, 0.15) is 0 Å². The molecule has 0 atom stereocenters. The fourth-order valence-corrected chi connectivity index (χ4v) is 2.89. The van der Waals surface area contributed by atoms with Gasteiger partial charge in [0.15, 0.2) is 0 Å². The largest absolute Gasteiger partial charge is 0.477 e. The highest BCUT2D eigenvalue weighted by atomic mass is 16.5. The van der Waals surface area contributed by atoms with E-state index < -0.39 is 0 Å². The van der Waals surface area contributed by atoms with Crippen LogP contribution in [0, 0.1) is 5.92 Å². The number of hydrogen-bond acceptors (Lipinski definition) is 4. The van der Waals surface area contributed by atoms with E-state index in [2.05, 4.69) is 9.88 Å². The van der Waals surface area contributed by atoms with Crippen molar-refractivity contribution in [3.63, 3.8) is 0 Å². The maximum absolute atomic E-state index is 11.7. The van der Waals surface area contributed by atoms with Crippen LogP contribution < -0.4 is 10.3 Å². The molecule has 0 aromatic carbocycles. The number of pyridine rings is 2. The molecule has 5 heteroatoms. The van der Waals surface area contributed by atoms with E-state index in [1.54, 1.807) is 23.9 Å². The van der Waals surface area contributed by atoms with Gasteiger partial charge in [-0.05, 0) is 49.5 Å². The third kappa shape index (κ3) is 4.42. The molecule has 3 heterocycles. The lowest BCUT2D eigenvalue weighted by Crippen LogP contribution is -2.35. The van der Waals surface area contributed by atoms with Gasteiger partial charge in [-0.1, -0.05) is 6.07 Å². The van der Waals surface area contributed by atoms with Crippen LogP contribution in [0.15, 0.2) is 47.5 Å². The van der Waals surface area contributed by atoms with Crippen molar-refractivity contribution in [2.24, 2.45) is 13.0 Å². The third-order valence-corrected chi connectivity index (χ3v) is 4.39. The number of likely N-dealkylation sites (tertiary alicyclic amines) is 1. The van der Waals surface area contributed by atoms with E-state index in [4.69, 9.17) is 4.74 Å². The predicted octanol–water partition coefficient (Wildman–Crippen LogP) is 2.07. The van der Waals surface area contributed by atoms with Gasteiger partial charge in [-0.15, -0.1) is 0 Å². The quantitative estimate of drug-likeness (QED) is 0.848. The van der Waals surface area contributed by atoms with Gasteiger partial charge in [-0.3, -0.25) is 9.69 Å². The predicted molar refractivity (Wildman–Crippen MR) is 89.4 cm³/mol. The van der Waals surface area contributed by atoms with Crippen molar-refractivity contribution in [1.82, 2.24) is 14.5 Å². The fourth-order valence-electron chi connectivity index (χ4n) is 2.89. The van der Waals surface area contributed by atoms with Gasteiger partial charge < -0.3 is 9.30 Å². The fraction of sp³-hybridized carbons (Fsp3) is 0.444. The van der Waals surface area contributed by atoms with E-state index in [1.807, 2.05) is 30.5 Å². The molecule has 1 aliphatic heterocycles. The zero-order valence-corrected chi connectivity index (χ0v) is 13.5. The second kappa shape index (κ2) is 7.42. The third-order valence-electron chi connectivity index (χ3n) is 4.39. The summed E-state index contributed by atoms with van der Waals surface area (Å²) in [7, 11) is 1.78. The van der Waals surface area contributed by atoms with Crippen LogP contribution in [0.1, 0.15) is 18.4 Å². The maximum Gasteiger partial charge on any atom is 0.250 e. The standard InChI is InChI=1S/C18H23N3O2/c1-20-9-5-16(12-18(20)22)13-21-10-6-15(7-11-21)14-23-17-4-2-3-8-19-17/h2-5,8-9,12,15H,6-7,10-11,13-14H2,1H3. The average molecular weight is 313 g/mol. The zero-order valence-electron chi connectivity index (χ0n) is 13.5. The summed E-state index contributed by atoms with van der Waals surface area (Å²) in [5.41, 5.74) is 1.15. The summed E-state index contributed by atoms with van der Waals surface area (Å²) in [6.45, 7) is 3.68. The summed E-state index contributed by atoms with van der Waals surface area (Å²) >= 11 is 0. The van der Waals surface area contributed by atoms with Crippen LogP contribution >= 0.6 is 0 Å². The first-order valence-corrected chi connectivity index (χ1v) is 8.12. The van der Waals surface area contributed by atoms with Gasteiger partial charge in [0, 0.05) is 38.1 Å². The number of aromatic nitrogens is 2. The summed E-state index contributed by atoms with van der Waals surface area (Å²) in [5, 5.41) is 0. The molecule has 0 unspecified atom stereocenters. The minimum atomic E-state index is 0.0566. The molecule has 3 rings (SSSR count). The van der Waals surface area contributed by atoms with Crippen LogP contribution in [-0.4, -0.2) is 34.1 Å². The Morgan fingerprint density at radius 3 is 2.78 bits per heavy atom. The molecule has 1 aliphatic rings.